The van der Waals surface area contributed by atoms with Gasteiger partial charge in [0, 0.05) is 0 Å². The zero-order valence-corrected chi connectivity index (χ0v) is 40.1. The van der Waals surface area contributed by atoms with Gasteiger partial charge in [-0.05, 0) is 90.5 Å². The molecule has 5 N–H and O–H groups in total. The molecule has 0 heterocycles. The van der Waals surface area contributed by atoms with Crippen molar-refractivity contribution in [3.63, 3.8) is 0 Å². The highest BCUT2D eigenvalue weighted by molar-refractivity contribution is 6.01. The predicted octanol–water partition coefficient (Wildman–Crippen LogP) is 9.18. The summed E-state index contributed by atoms with van der Waals surface area (Å²) in [5.41, 5.74) is -6.32. The first-order valence-electron chi connectivity index (χ1n) is 25.7. The number of benzene rings is 1. The summed E-state index contributed by atoms with van der Waals surface area (Å²) >= 11 is 0. The summed E-state index contributed by atoms with van der Waals surface area (Å²) < 4.78 is 11.6. The maximum atomic E-state index is 15.4. The molecule has 5 amide bonds. The van der Waals surface area contributed by atoms with Crippen molar-refractivity contribution < 1.29 is 38.2 Å². The van der Waals surface area contributed by atoms with E-state index in [1.807, 2.05) is 51.1 Å². The van der Waals surface area contributed by atoms with Gasteiger partial charge in [0.1, 0.15) is 39.9 Å². The minimum Gasteiger partial charge on any atom is -0.458 e. The maximum Gasteiger partial charge on any atom is 0.408 e. The minimum absolute atomic E-state index is 0.0639. The third-order valence-corrected chi connectivity index (χ3v) is 15.3. The van der Waals surface area contributed by atoms with Crippen LogP contribution in [0.1, 0.15) is 219 Å². The predicted molar refractivity (Wildman–Crippen MR) is 250 cm³/mol. The number of hydrogen-bond acceptors (Lipinski definition) is 8. The number of carbonyl (C=O) groups is 6. The van der Waals surface area contributed by atoms with Gasteiger partial charge in [-0.3, -0.25) is 19.2 Å². The number of carbonyl (C=O) groups excluding carboxylic acids is 6. The van der Waals surface area contributed by atoms with Gasteiger partial charge in [0.25, 0.3) is 0 Å². The van der Waals surface area contributed by atoms with Crippen LogP contribution in [0.2, 0.25) is 0 Å². The molecule has 0 aliphatic heterocycles. The minimum atomic E-state index is -1.33. The molecule has 0 unspecified atom stereocenters. The van der Waals surface area contributed by atoms with Gasteiger partial charge in [0.05, 0.1) is 0 Å². The van der Waals surface area contributed by atoms with E-state index in [1.165, 1.54) is 0 Å². The van der Waals surface area contributed by atoms with Crippen LogP contribution in [0.3, 0.4) is 0 Å². The molecule has 5 aliphatic rings. The van der Waals surface area contributed by atoms with Crippen LogP contribution in [0.25, 0.3) is 0 Å². The standard InChI is InChI=1S/C52H81N5O8/c1-47(2,3)65-45(62)52(37-25-12-13-26-38-52)56-43(60)50(33-21-8-9-22-34-50)54-41(58)48(29-17-4-5-18-30-48)53-42(59)49(31-19-6-7-20-32-49)55-44(61)51(35-23-10-11-24-36-51)57-46(63)64-39-40-27-15-14-16-28-40/h14-16,27-28H,4-13,17-26,29-39H2,1-3H3,(H,53,59)(H,54,58)(H,55,61)(H,56,60)(H,57,63). The Balaban J connectivity index is 1.28. The van der Waals surface area contributed by atoms with Crippen LogP contribution in [0, 0.1) is 0 Å². The summed E-state index contributed by atoms with van der Waals surface area (Å²) in [6, 6.07) is 9.41. The van der Waals surface area contributed by atoms with Gasteiger partial charge in [0.15, 0.2) is 0 Å². The average Bonchev–Trinajstić information content (AvgIpc) is 3.92. The summed E-state index contributed by atoms with van der Waals surface area (Å²) in [5.74, 6) is -1.94. The molecule has 0 atom stereocenters. The van der Waals surface area contributed by atoms with E-state index in [0.717, 1.165) is 121 Å². The van der Waals surface area contributed by atoms with Crippen molar-refractivity contribution >= 4 is 35.7 Å². The molecule has 362 valence electrons. The van der Waals surface area contributed by atoms with Crippen molar-refractivity contribution in [3.8, 4) is 0 Å². The van der Waals surface area contributed by atoms with Crippen molar-refractivity contribution in [2.45, 2.75) is 253 Å². The van der Waals surface area contributed by atoms with E-state index in [-0.39, 0.29) is 30.2 Å². The quantitative estimate of drug-likeness (QED) is 0.102. The zero-order chi connectivity index (χ0) is 46.4. The third kappa shape index (κ3) is 13.1. The lowest BCUT2D eigenvalue weighted by Gasteiger charge is -2.44. The number of rotatable bonds is 12. The fourth-order valence-electron chi connectivity index (χ4n) is 11.4. The molecule has 13 nitrogen and oxygen atoms in total. The van der Waals surface area contributed by atoms with Crippen molar-refractivity contribution in [1.82, 2.24) is 26.6 Å². The fraction of sp³-hybridized carbons (Fsp3) is 0.769. The molecule has 5 saturated carbocycles. The molecule has 6 rings (SSSR count). The van der Waals surface area contributed by atoms with Gasteiger partial charge in [0.2, 0.25) is 23.6 Å². The molecule has 0 saturated heterocycles. The number of alkyl carbamates (subject to hydrolysis) is 1. The van der Waals surface area contributed by atoms with E-state index >= 15 is 14.4 Å². The Kier molecular flexibility index (Phi) is 17.4. The molecule has 0 bridgehead atoms. The summed E-state index contributed by atoms with van der Waals surface area (Å²) in [4.78, 5) is 88.4. The Morgan fingerprint density at radius 1 is 0.415 bits per heavy atom. The van der Waals surface area contributed by atoms with Gasteiger partial charge in [-0.25, -0.2) is 9.59 Å². The molecule has 0 aromatic heterocycles. The molecule has 65 heavy (non-hydrogen) atoms. The van der Waals surface area contributed by atoms with Crippen molar-refractivity contribution in [2.75, 3.05) is 0 Å². The Morgan fingerprint density at radius 2 is 0.692 bits per heavy atom. The molecule has 1 aromatic carbocycles. The van der Waals surface area contributed by atoms with Crippen LogP contribution < -0.4 is 26.6 Å². The van der Waals surface area contributed by atoms with E-state index in [0.29, 0.717) is 77.0 Å². The monoisotopic (exact) mass is 904 g/mol. The van der Waals surface area contributed by atoms with E-state index in [9.17, 15) is 14.4 Å². The second-order valence-corrected chi connectivity index (χ2v) is 21.5. The lowest BCUT2D eigenvalue weighted by Crippen LogP contribution is -2.72. The number of nitrogens with one attached hydrogen (secondary N) is 5. The number of esters is 1. The molecule has 5 fully saturated rings. The van der Waals surface area contributed by atoms with E-state index < -0.39 is 45.4 Å². The Hall–Kier alpha value is -4.16. The summed E-state index contributed by atoms with van der Waals surface area (Å²) in [6.07, 6.45) is 20.2. The number of amides is 5. The van der Waals surface area contributed by atoms with Gasteiger partial charge in [-0.15, -0.1) is 0 Å². The summed E-state index contributed by atoms with van der Waals surface area (Å²) in [7, 11) is 0. The molecule has 0 spiro atoms. The smallest absolute Gasteiger partial charge is 0.408 e. The van der Waals surface area contributed by atoms with Crippen molar-refractivity contribution in [2.24, 2.45) is 0 Å². The third-order valence-electron chi connectivity index (χ3n) is 15.3. The average molecular weight is 904 g/mol. The second-order valence-electron chi connectivity index (χ2n) is 21.5. The first kappa shape index (κ1) is 50.3. The molecule has 13 heteroatoms. The Labute approximate surface area is 388 Å². The maximum absolute atomic E-state index is 15.4. The topological polar surface area (TPSA) is 181 Å². The lowest BCUT2D eigenvalue weighted by atomic mass is 9.81. The highest BCUT2D eigenvalue weighted by Gasteiger charge is 2.53. The molecule has 0 radical (unpaired) electrons. The van der Waals surface area contributed by atoms with Crippen LogP contribution in [0.5, 0.6) is 0 Å². The summed E-state index contributed by atoms with van der Waals surface area (Å²) in [5, 5.41) is 16.2. The summed E-state index contributed by atoms with van der Waals surface area (Å²) in [6.45, 7) is 5.58. The molecular weight excluding hydrogens is 823 g/mol. The van der Waals surface area contributed by atoms with Crippen LogP contribution >= 0.6 is 0 Å². The van der Waals surface area contributed by atoms with Gasteiger partial charge in [-0.1, -0.05) is 159 Å². The second kappa shape index (κ2) is 22.6. The Morgan fingerprint density at radius 3 is 1.00 bits per heavy atom. The SMILES string of the molecule is CC(C)(C)OC(=O)C1(NC(=O)C2(NC(=O)C3(NC(=O)C4(NC(=O)C5(NC(=O)OCc6ccccc6)CCCCCC5)CCCCCC4)CCCCCC3)CCCCCC2)CCCCCC1. The van der Waals surface area contributed by atoms with Crippen molar-refractivity contribution in [1.29, 1.82) is 0 Å². The zero-order valence-electron chi connectivity index (χ0n) is 40.1. The van der Waals surface area contributed by atoms with E-state index in [4.69, 9.17) is 9.47 Å². The number of hydrogen-bond donors (Lipinski definition) is 5. The Bertz CT molecular complexity index is 1750. The van der Waals surface area contributed by atoms with Gasteiger partial charge < -0.3 is 36.1 Å². The van der Waals surface area contributed by atoms with Crippen LogP contribution in [-0.2, 0) is 40.1 Å². The van der Waals surface area contributed by atoms with Gasteiger partial charge >= 0.3 is 12.1 Å². The first-order chi connectivity index (χ1) is 31.1. The molecular formula is C52H81N5O8. The highest BCUT2D eigenvalue weighted by atomic mass is 16.6. The van der Waals surface area contributed by atoms with Crippen LogP contribution in [0.15, 0.2) is 30.3 Å². The van der Waals surface area contributed by atoms with E-state index in [1.54, 1.807) is 0 Å². The van der Waals surface area contributed by atoms with Crippen molar-refractivity contribution in [3.05, 3.63) is 35.9 Å². The van der Waals surface area contributed by atoms with Crippen LogP contribution in [0.4, 0.5) is 4.79 Å². The van der Waals surface area contributed by atoms with Crippen LogP contribution in [-0.4, -0.2) is 69.0 Å². The van der Waals surface area contributed by atoms with Gasteiger partial charge in [-0.2, -0.15) is 0 Å². The highest BCUT2D eigenvalue weighted by Crippen LogP contribution is 2.38. The fourth-order valence-corrected chi connectivity index (χ4v) is 11.4. The lowest BCUT2D eigenvalue weighted by molar-refractivity contribution is -0.166. The molecule has 5 aliphatic carbocycles. The molecule has 1 aromatic rings. The first-order valence-corrected chi connectivity index (χ1v) is 25.7. The largest absolute Gasteiger partial charge is 0.458 e. The van der Waals surface area contributed by atoms with E-state index in [2.05, 4.69) is 26.6 Å². The number of ether oxygens (including phenoxy) is 2. The normalized spacial score (nSPS) is 23.1.